The quantitative estimate of drug-likeness (QED) is 0.167. The van der Waals surface area contributed by atoms with Crippen molar-refractivity contribution in [3.05, 3.63) is 253 Å². The van der Waals surface area contributed by atoms with Gasteiger partial charge in [0.2, 0.25) is 0 Å². The predicted octanol–water partition coefficient (Wildman–Crippen LogP) is 16.0. The molecule has 0 aliphatic heterocycles. The number of nitrogens with zero attached hydrogens (tertiary/aromatic N) is 2. The molecule has 1 atom stereocenters. The van der Waals surface area contributed by atoms with E-state index < -0.39 is 5.41 Å². The van der Waals surface area contributed by atoms with Gasteiger partial charge in [-0.3, -0.25) is 0 Å². The molecule has 2 aliphatic carbocycles. The maximum absolute atomic E-state index is 6.71. The molecular weight excluding hydrogens is 753 g/mol. The van der Waals surface area contributed by atoms with Crippen molar-refractivity contribution in [3.63, 3.8) is 0 Å². The molecule has 0 fully saturated rings. The Bertz CT molecular complexity index is 3500. The summed E-state index contributed by atoms with van der Waals surface area (Å²) in [4.78, 5) is 4.83. The van der Waals surface area contributed by atoms with E-state index in [2.05, 4.69) is 234 Å². The summed E-state index contributed by atoms with van der Waals surface area (Å²) in [6.45, 7) is 0. The summed E-state index contributed by atoms with van der Waals surface area (Å²) < 4.78 is 6.71. The highest BCUT2D eigenvalue weighted by atomic mass is 16.3. The molecule has 1 unspecified atom stereocenters. The molecule has 0 amide bonds. The lowest BCUT2D eigenvalue weighted by Gasteiger charge is -2.36. The molecule has 1 aromatic heterocycles. The maximum Gasteiger partial charge on any atom is 0.159 e. The normalized spacial score (nSPS) is 14.5. The Labute approximate surface area is 360 Å². The Hall–Kier alpha value is -8.14. The van der Waals surface area contributed by atoms with Gasteiger partial charge in [-0.25, -0.2) is 0 Å². The van der Waals surface area contributed by atoms with Gasteiger partial charge in [0.1, 0.15) is 5.58 Å². The molecule has 13 rings (SSSR count). The molecule has 0 N–H and O–H groups in total. The first kappa shape index (κ1) is 34.7. The molecule has 290 valence electrons. The molecule has 1 spiro atoms. The lowest BCUT2D eigenvalue weighted by molar-refractivity contribution is 0.669. The Morgan fingerprint density at radius 1 is 0.339 bits per heavy atom. The Balaban J connectivity index is 1.13. The topological polar surface area (TPSA) is 19.6 Å². The fourth-order valence-electron chi connectivity index (χ4n) is 10.8. The van der Waals surface area contributed by atoms with E-state index in [1.54, 1.807) is 0 Å². The van der Waals surface area contributed by atoms with Gasteiger partial charge < -0.3 is 14.2 Å². The SMILES string of the molecule is c1ccc(N(c2ccccc2)c2cc3ccccc3c3c2C2(c4ccccc4-c4cc(N(c5ccccc5)c5cccc6c5oc5ccccc56)ccc42)c2ccccc2-3)cc1. The third kappa shape index (κ3) is 4.82. The molecule has 0 saturated heterocycles. The van der Waals surface area contributed by atoms with E-state index in [-0.39, 0.29) is 0 Å². The second-order valence-electron chi connectivity index (χ2n) is 16.4. The minimum Gasteiger partial charge on any atom is -0.454 e. The van der Waals surface area contributed by atoms with Crippen molar-refractivity contribution in [2.45, 2.75) is 5.41 Å². The van der Waals surface area contributed by atoms with Crippen LogP contribution in [0.5, 0.6) is 0 Å². The van der Waals surface area contributed by atoms with Crippen molar-refractivity contribution in [2.24, 2.45) is 0 Å². The average molecular weight is 791 g/mol. The van der Waals surface area contributed by atoms with Gasteiger partial charge in [0.15, 0.2) is 5.58 Å². The highest BCUT2D eigenvalue weighted by Gasteiger charge is 2.54. The number of hydrogen-bond donors (Lipinski definition) is 0. The van der Waals surface area contributed by atoms with Crippen LogP contribution < -0.4 is 9.80 Å². The molecule has 3 heteroatoms. The van der Waals surface area contributed by atoms with Gasteiger partial charge in [0.05, 0.1) is 16.8 Å². The molecule has 3 nitrogen and oxygen atoms in total. The number of benzene rings is 10. The molecule has 62 heavy (non-hydrogen) atoms. The zero-order valence-electron chi connectivity index (χ0n) is 33.7. The Morgan fingerprint density at radius 2 is 0.871 bits per heavy atom. The summed E-state index contributed by atoms with van der Waals surface area (Å²) in [6, 6.07) is 84.0. The fraction of sp³-hybridized carbons (Fsp3) is 0.0169. The van der Waals surface area contributed by atoms with E-state index >= 15 is 0 Å². The molecule has 10 aromatic carbocycles. The lowest BCUT2D eigenvalue weighted by Crippen LogP contribution is -2.28. The van der Waals surface area contributed by atoms with Crippen molar-refractivity contribution in [1.82, 2.24) is 0 Å². The standard InChI is InChI=1S/C59H38N2O/c1-4-20-40(21-5-1)60(41-22-6-2-7-23-41)54-37-39-19-10-11-26-44(39)56-48-29-13-16-32-51(48)59(57(54)56)50-31-15-12-27-45(50)49-38-43(35-36-52(49)59)61(42-24-8-3-9-25-42)53-33-18-30-47-46-28-14-17-34-55(46)62-58(47)53/h1-38H. The van der Waals surface area contributed by atoms with Gasteiger partial charge in [-0.15, -0.1) is 0 Å². The number of furan rings is 1. The maximum atomic E-state index is 6.71. The van der Waals surface area contributed by atoms with Crippen LogP contribution in [-0.2, 0) is 5.41 Å². The minimum atomic E-state index is -0.617. The molecule has 11 aromatic rings. The van der Waals surface area contributed by atoms with E-state index in [4.69, 9.17) is 4.42 Å². The van der Waals surface area contributed by atoms with Crippen molar-refractivity contribution >= 4 is 66.8 Å². The second kappa shape index (κ2) is 13.4. The molecule has 0 radical (unpaired) electrons. The number of hydrogen-bond acceptors (Lipinski definition) is 3. The first-order valence-electron chi connectivity index (χ1n) is 21.4. The first-order chi connectivity index (χ1) is 30.8. The lowest BCUT2D eigenvalue weighted by atomic mass is 9.69. The van der Waals surface area contributed by atoms with Crippen molar-refractivity contribution in [1.29, 1.82) is 0 Å². The van der Waals surface area contributed by atoms with Crippen LogP contribution in [0, 0.1) is 0 Å². The summed E-state index contributed by atoms with van der Waals surface area (Å²) >= 11 is 0. The molecule has 0 bridgehead atoms. The van der Waals surface area contributed by atoms with E-state index in [1.807, 2.05) is 6.07 Å². The zero-order valence-corrected chi connectivity index (χ0v) is 33.7. The number of fused-ring (bicyclic) bond motifs is 15. The molecular formula is C59H38N2O. The number of rotatable bonds is 6. The smallest absolute Gasteiger partial charge is 0.159 e. The summed E-state index contributed by atoms with van der Waals surface area (Å²) in [5.74, 6) is 0. The van der Waals surface area contributed by atoms with E-state index in [1.165, 1.54) is 61.0 Å². The van der Waals surface area contributed by atoms with Gasteiger partial charge in [-0.1, -0.05) is 164 Å². The molecule has 1 heterocycles. The Kier molecular flexibility index (Phi) is 7.52. The summed E-state index contributed by atoms with van der Waals surface area (Å²) in [6.07, 6.45) is 0. The van der Waals surface area contributed by atoms with Crippen LogP contribution in [-0.4, -0.2) is 0 Å². The van der Waals surface area contributed by atoms with Crippen LogP contribution in [0.2, 0.25) is 0 Å². The summed E-state index contributed by atoms with van der Waals surface area (Å²) in [5.41, 5.74) is 17.9. The number of para-hydroxylation sites is 5. The zero-order chi connectivity index (χ0) is 40.8. The van der Waals surface area contributed by atoms with Crippen molar-refractivity contribution < 1.29 is 4.42 Å². The third-order valence-corrected chi connectivity index (χ3v) is 13.2. The van der Waals surface area contributed by atoms with E-state index in [9.17, 15) is 0 Å². The highest BCUT2D eigenvalue weighted by Crippen LogP contribution is 2.67. The average Bonchev–Trinajstić information content (AvgIpc) is 3.98. The predicted molar refractivity (Wildman–Crippen MR) is 257 cm³/mol. The van der Waals surface area contributed by atoms with Gasteiger partial charge in [-0.05, 0) is 116 Å². The van der Waals surface area contributed by atoms with Gasteiger partial charge in [0.25, 0.3) is 0 Å². The number of anilines is 6. The third-order valence-electron chi connectivity index (χ3n) is 13.2. The first-order valence-corrected chi connectivity index (χ1v) is 21.4. The molecule has 0 saturated carbocycles. The second-order valence-corrected chi connectivity index (χ2v) is 16.4. The van der Waals surface area contributed by atoms with E-state index in [0.29, 0.717) is 0 Å². The molecule has 2 aliphatic rings. The van der Waals surface area contributed by atoms with Gasteiger partial charge >= 0.3 is 0 Å². The summed E-state index contributed by atoms with van der Waals surface area (Å²) in [7, 11) is 0. The minimum absolute atomic E-state index is 0.617. The van der Waals surface area contributed by atoms with Crippen LogP contribution in [0.15, 0.2) is 235 Å². The van der Waals surface area contributed by atoms with Crippen LogP contribution in [0.4, 0.5) is 34.1 Å². The van der Waals surface area contributed by atoms with E-state index in [0.717, 1.165) is 50.4 Å². The fourth-order valence-corrected chi connectivity index (χ4v) is 10.8. The Morgan fingerprint density at radius 3 is 1.58 bits per heavy atom. The van der Waals surface area contributed by atoms with Gasteiger partial charge in [0, 0.05) is 39.1 Å². The van der Waals surface area contributed by atoms with Crippen LogP contribution in [0.1, 0.15) is 22.3 Å². The summed E-state index contributed by atoms with van der Waals surface area (Å²) in [5, 5.41) is 4.69. The van der Waals surface area contributed by atoms with Crippen LogP contribution in [0.25, 0.3) is 55.0 Å². The highest BCUT2D eigenvalue weighted by molar-refractivity contribution is 6.12. The largest absolute Gasteiger partial charge is 0.454 e. The monoisotopic (exact) mass is 790 g/mol. The van der Waals surface area contributed by atoms with Crippen LogP contribution in [0.3, 0.4) is 0 Å². The van der Waals surface area contributed by atoms with Crippen molar-refractivity contribution in [3.8, 4) is 22.3 Å². The van der Waals surface area contributed by atoms with Gasteiger partial charge in [-0.2, -0.15) is 0 Å². The van der Waals surface area contributed by atoms with Crippen molar-refractivity contribution in [2.75, 3.05) is 9.80 Å². The van der Waals surface area contributed by atoms with Crippen LogP contribution >= 0.6 is 0 Å².